The molecule has 1 rings (SSSR count). The minimum absolute atomic E-state index is 0.0199. The summed E-state index contributed by atoms with van der Waals surface area (Å²) >= 11 is 0. The van der Waals surface area contributed by atoms with Crippen LogP contribution in [0.25, 0.3) is 0 Å². The van der Waals surface area contributed by atoms with Crippen LogP contribution in [0.15, 0.2) is 0 Å². The van der Waals surface area contributed by atoms with Crippen LogP contribution in [0.5, 0.6) is 0 Å². The number of nitrogens with zero attached hydrogens (tertiary/aromatic N) is 1. The van der Waals surface area contributed by atoms with Crippen molar-refractivity contribution in [2.75, 3.05) is 13.1 Å². The minimum atomic E-state index is -0.150. The van der Waals surface area contributed by atoms with Crippen molar-refractivity contribution in [1.29, 1.82) is 5.26 Å². The summed E-state index contributed by atoms with van der Waals surface area (Å²) in [5, 5.41) is 13.8. The molecule has 0 aliphatic carbocycles. The second kappa shape index (κ2) is 3.94. The Balaban J connectivity index is 2.31. The largest absolute Gasteiger partial charge is 0.355 e. The van der Waals surface area contributed by atoms with Gasteiger partial charge in [-0.15, -0.1) is 0 Å². The Morgan fingerprint density at radius 2 is 2.64 bits per heavy atom. The summed E-state index contributed by atoms with van der Waals surface area (Å²) in [5.74, 6) is 0.0199. The van der Waals surface area contributed by atoms with Crippen LogP contribution in [-0.2, 0) is 4.79 Å². The summed E-state index contributed by atoms with van der Waals surface area (Å²) in [7, 11) is 0. The molecule has 1 unspecified atom stereocenters. The lowest BCUT2D eigenvalue weighted by Crippen LogP contribution is -2.48. The minimum Gasteiger partial charge on any atom is -0.355 e. The van der Waals surface area contributed by atoms with E-state index in [0.717, 1.165) is 19.4 Å². The smallest absolute Gasteiger partial charge is 0.237 e. The molecule has 60 valence electrons. The molecule has 11 heavy (non-hydrogen) atoms. The maximum absolute atomic E-state index is 11.0. The van der Waals surface area contributed by atoms with E-state index in [9.17, 15) is 4.79 Å². The van der Waals surface area contributed by atoms with Crippen molar-refractivity contribution in [2.45, 2.75) is 18.9 Å². The highest BCUT2D eigenvalue weighted by Gasteiger charge is 2.20. The van der Waals surface area contributed by atoms with E-state index >= 15 is 0 Å². The number of piperidine rings is 1. The molecule has 4 heteroatoms. The van der Waals surface area contributed by atoms with Crippen LogP contribution in [-0.4, -0.2) is 25.0 Å². The summed E-state index contributed by atoms with van der Waals surface area (Å²) in [6, 6.07) is 1.79. The molecule has 1 aliphatic rings. The molecule has 0 aromatic heterocycles. The molecule has 0 aromatic carbocycles. The van der Waals surface area contributed by atoms with E-state index < -0.39 is 0 Å². The number of amides is 1. The van der Waals surface area contributed by atoms with Crippen molar-refractivity contribution in [1.82, 2.24) is 10.6 Å². The molecule has 0 bridgehead atoms. The van der Waals surface area contributed by atoms with Crippen LogP contribution < -0.4 is 10.6 Å². The average molecular weight is 153 g/mol. The molecule has 0 saturated carbocycles. The van der Waals surface area contributed by atoms with E-state index in [1.165, 1.54) is 0 Å². The molecule has 0 spiro atoms. The second-order valence-electron chi connectivity index (χ2n) is 2.52. The van der Waals surface area contributed by atoms with Gasteiger partial charge in [0, 0.05) is 6.54 Å². The summed E-state index contributed by atoms with van der Waals surface area (Å²) in [6.07, 6.45) is 1.84. The van der Waals surface area contributed by atoms with Gasteiger partial charge in [0.25, 0.3) is 0 Å². The number of carbonyl (C=O) groups excluding carboxylic acids is 1. The zero-order valence-electron chi connectivity index (χ0n) is 6.26. The summed E-state index contributed by atoms with van der Waals surface area (Å²) in [6.45, 7) is 1.02. The van der Waals surface area contributed by atoms with Gasteiger partial charge in [0.2, 0.25) is 5.91 Å². The molecule has 1 atom stereocenters. The van der Waals surface area contributed by atoms with Crippen molar-refractivity contribution < 1.29 is 4.79 Å². The van der Waals surface area contributed by atoms with Crippen LogP contribution in [0.3, 0.4) is 0 Å². The Kier molecular flexibility index (Phi) is 2.87. The van der Waals surface area contributed by atoms with Gasteiger partial charge in [-0.1, -0.05) is 0 Å². The van der Waals surface area contributed by atoms with Gasteiger partial charge in [-0.3, -0.25) is 10.1 Å². The van der Waals surface area contributed by atoms with E-state index in [2.05, 4.69) is 10.6 Å². The average Bonchev–Trinajstić information content (AvgIpc) is 2.03. The lowest BCUT2D eigenvalue weighted by Gasteiger charge is -2.21. The van der Waals surface area contributed by atoms with Crippen LogP contribution >= 0.6 is 0 Å². The fourth-order valence-corrected chi connectivity index (χ4v) is 1.14. The van der Waals surface area contributed by atoms with Gasteiger partial charge >= 0.3 is 0 Å². The lowest BCUT2D eigenvalue weighted by molar-refractivity contribution is -0.124. The first-order valence-electron chi connectivity index (χ1n) is 3.72. The van der Waals surface area contributed by atoms with Gasteiger partial charge in [-0.25, -0.2) is 0 Å². The molecular formula is C7H11N3O. The van der Waals surface area contributed by atoms with Crippen LogP contribution in [0.1, 0.15) is 12.8 Å². The van der Waals surface area contributed by atoms with E-state index in [4.69, 9.17) is 5.26 Å². The first-order valence-corrected chi connectivity index (χ1v) is 3.72. The first-order chi connectivity index (χ1) is 5.34. The van der Waals surface area contributed by atoms with Crippen molar-refractivity contribution in [3.8, 4) is 6.07 Å². The predicted molar refractivity (Wildman–Crippen MR) is 39.6 cm³/mol. The van der Waals surface area contributed by atoms with Crippen molar-refractivity contribution >= 4 is 5.91 Å². The number of nitriles is 1. The van der Waals surface area contributed by atoms with E-state index in [1.54, 1.807) is 0 Å². The third kappa shape index (κ3) is 2.20. The Hall–Kier alpha value is -1.08. The quantitative estimate of drug-likeness (QED) is 0.519. The maximum Gasteiger partial charge on any atom is 0.237 e. The normalized spacial score (nSPS) is 23.9. The van der Waals surface area contributed by atoms with Gasteiger partial charge in [0.1, 0.15) is 0 Å². The third-order valence-electron chi connectivity index (χ3n) is 1.71. The Morgan fingerprint density at radius 3 is 3.27 bits per heavy atom. The van der Waals surface area contributed by atoms with Crippen LogP contribution in [0, 0.1) is 11.3 Å². The SMILES string of the molecule is N#CCNC1CCCNC1=O. The second-order valence-corrected chi connectivity index (χ2v) is 2.52. The van der Waals surface area contributed by atoms with E-state index in [1.807, 2.05) is 6.07 Å². The fraction of sp³-hybridized carbons (Fsp3) is 0.714. The molecule has 1 fully saturated rings. The Labute approximate surface area is 65.6 Å². The predicted octanol–water partition coefficient (Wildman–Crippen LogP) is -0.622. The number of hydrogen-bond acceptors (Lipinski definition) is 3. The topological polar surface area (TPSA) is 64.9 Å². The number of hydrogen-bond donors (Lipinski definition) is 2. The van der Waals surface area contributed by atoms with Crippen LogP contribution in [0.2, 0.25) is 0 Å². The zero-order valence-corrected chi connectivity index (χ0v) is 6.26. The zero-order chi connectivity index (χ0) is 8.10. The number of carbonyl (C=O) groups is 1. The van der Waals surface area contributed by atoms with Gasteiger partial charge in [-0.05, 0) is 12.8 Å². The molecule has 1 saturated heterocycles. The standard InChI is InChI=1S/C7H11N3O/c8-3-5-9-6-2-1-4-10-7(6)11/h6,9H,1-2,4-5H2,(H,10,11). The molecule has 4 nitrogen and oxygen atoms in total. The van der Waals surface area contributed by atoms with E-state index in [0.29, 0.717) is 0 Å². The number of rotatable bonds is 2. The molecule has 0 aromatic rings. The Bertz CT molecular complexity index is 185. The first kappa shape index (κ1) is 8.02. The van der Waals surface area contributed by atoms with Crippen molar-refractivity contribution in [3.63, 3.8) is 0 Å². The van der Waals surface area contributed by atoms with E-state index in [-0.39, 0.29) is 18.5 Å². The van der Waals surface area contributed by atoms with Crippen molar-refractivity contribution in [2.24, 2.45) is 0 Å². The summed E-state index contributed by atoms with van der Waals surface area (Å²) < 4.78 is 0. The molecule has 1 aliphatic heterocycles. The molecule has 2 N–H and O–H groups in total. The van der Waals surface area contributed by atoms with Gasteiger partial charge in [0.15, 0.2) is 0 Å². The molecule has 1 amide bonds. The third-order valence-corrected chi connectivity index (χ3v) is 1.71. The van der Waals surface area contributed by atoms with Crippen molar-refractivity contribution in [3.05, 3.63) is 0 Å². The highest BCUT2D eigenvalue weighted by atomic mass is 16.2. The molecule has 1 heterocycles. The number of nitrogens with one attached hydrogen (secondary N) is 2. The monoisotopic (exact) mass is 153 g/mol. The summed E-state index contributed by atoms with van der Waals surface area (Å²) in [5.41, 5.74) is 0. The highest BCUT2D eigenvalue weighted by molar-refractivity contribution is 5.82. The fourth-order valence-electron chi connectivity index (χ4n) is 1.14. The van der Waals surface area contributed by atoms with Gasteiger partial charge in [0.05, 0.1) is 18.7 Å². The molecule has 0 radical (unpaired) electrons. The molecular weight excluding hydrogens is 142 g/mol. The summed E-state index contributed by atoms with van der Waals surface area (Å²) in [4.78, 5) is 11.0. The van der Waals surface area contributed by atoms with Crippen LogP contribution in [0.4, 0.5) is 0 Å². The highest BCUT2D eigenvalue weighted by Crippen LogP contribution is 2.01. The van der Waals surface area contributed by atoms with Gasteiger partial charge < -0.3 is 5.32 Å². The lowest BCUT2D eigenvalue weighted by atomic mass is 10.1. The van der Waals surface area contributed by atoms with Gasteiger partial charge in [-0.2, -0.15) is 5.26 Å². The Morgan fingerprint density at radius 1 is 1.82 bits per heavy atom. The maximum atomic E-state index is 11.0.